The summed E-state index contributed by atoms with van der Waals surface area (Å²) in [6, 6.07) is 12.8. The van der Waals surface area contributed by atoms with Crippen LogP contribution in [0.3, 0.4) is 0 Å². The Labute approximate surface area is 155 Å². The monoisotopic (exact) mass is 345 g/mol. The minimum atomic E-state index is 0.861. The van der Waals surface area contributed by atoms with Crippen LogP contribution in [0, 0.1) is 20.8 Å². The lowest BCUT2D eigenvalue weighted by atomic mass is 9.85. The van der Waals surface area contributed by atoms with Crippen molar-refractivity contribution in [1.29, 1.82) is 0 Å². The second-order valence-electron chi connectivity index (χ2n) is 6.61. The molecule has 0 heterocycles. The van der Waals surface area contributed by atoms with E-state index in [1.54, 1.807) is 14.2 Å². The van der Waals surface area contributed by atoms with Crippen LogP contribution in [0.1, 0.15) is 27.8 Å². The van der Waals surface area contributed by atoms with Gasteiger partial charge in [-0.15, -0.1) is 0 Å². The molecule has 0 radical (unpaired) electrons. The smallest absolute Gasteiger partial charge is 0.343 e. The largest absolute Gasteiger partial charge is 0.497 e. The van der Waals surface area contributed by atoms with Crippen molar-refractivity contribution in [2.45, 2.75) is 20.8 Å². The molecule has 1 aliphatic rings. The second-order valence-corrected chi connectivity index (χ2v) is 6.61. The molecule has 2 aromatic carbocycles. The van der Waals surface area contributed by atoms with E-state index in [4.69, 9.17) is 9.16 Å². The molecule has 0 amide bonds. The van der Waals surface area contributed by atoms with Gasteiger partial charge in [-0.1, -0.05) is 29.8 Å². The zero-order chi connectivity index (χ0) is 18.7. The highest BCUT2D eigenvalue weighted by molar-refractivity contribution is 6.03. The summed E-state index contributed by atoms with van der Waals surface area (Å²) in [5.74, 6) is 1.72. The van der Waals surface area contributed by atoms with Crippen molar-refractivity contribution in [3.63, 3.8) is 0 Å². The Kier molecular flexibility index (Phi) is 5.22. The number of rotatable bonds is 3. The first-order valence-corrected chi connectivity index (χ1v) is 8.77. The Hall–Kier alpha value is -2.87. The van der Waals surface area contributed by atoms with Gasteiger partial charge in [0.2, 0.25) is 0 Å². The highest BCUT2D eigenvalue weighted by Crippen LogP contribution is 2.35. The van der Waals surface area contributed by atoms with Gasteiger partial charge in [-0.25, -0.2) is 0 Å². The Morgan fingerprint density at radius 3 is 1.92 bits per heavy atom. The van der Waals surface area contributed by atoms with Gasteiger partial charge in [0.05, 0.1) is 7.11 Å². The van der Waals surface area contributed by atoms with Crippen LogP contribution >= 0.6 is 0 Å². The van der Waals surface area contributed by atoms with Crippen molar-refractivity contribution in [2.75, 3.05) is 14.2 Å². The molecule has 0 N–H and O–H groups in total. The molecule has 132 valence electrons. The molecule has 0 unspecified atom stereocenters. The number of ketones is 1. The quantitative estimate of drug-likeness (QED) is 0.693. The molecule has 0 spiro atoms. The maximum Gasteiger partial charge on any atom is 0.343 e. The van der Waals surface area contributed by atoms with E-state index in [0.717, 1.165) is 11.5 Å². The van der Waals surface area contributed by atoms with Crippen molar-refractivity contribution < 1.29 is 9.16 Å². The molecule has 2 nitrogen and oxygen atoms in total. The van der Waals surface area contributed by atoms with Gasteiger partial charge in [0.25, 0.3) is 7.11 Å². The topological polar surface area (TPSA) is 20.5 Å². The molecule has 26 heavy (non-hydrogen) atoms. The maximum absolute atomic E-state index is 5.33. The van der Waals surface area contributed by atoms with Crippen LogP contribution in [0.4, 0.5) is 0 Å². The average Bonchev–Trinajstić information content (AvgIpc) is 2.65. The van der Waals surface area contributed by atoms with E-state index in [1.165, 1.54) is 39.0 Å². The van der Waals surface area contributed by atoms with Gasteiger partial charge in [-0.2, -0.15) is 0 Å². The Morgan fingerprint density at radius 2 is 1.42 bits per heavy atom. The van der Waals surface area contributed by atoms with Crippen molar-refractivity contribution in [1.82, 2.24) is 0 Å². The van der Waals surface area contributed by atoms with Crippen LogP contribution in [0.2, 0.25) is 0 Å². The third-order valence-corrected chi connectivity index (χ3v) is 4.68. The predicted molar refractivity (Wildman–Crippen MR) is 109 cm³/mol. The summed E-state index contributed by atoms with van der Waals surface area (Å²) in [6.45, 7) is 6.51. The van der Waals surface area contributed by atoms with Gasteiger partial charge in [0, 0.05) is 12.2 Å². The first kappa shape index (κ1) is 17.9. The number of hydrogen-bond donors (Lipinski definition) is 0. The predicted octanol–water partition coefficient (Wildman–Crippen LogP) is 5.28. The van der Waals surface area contributed by atoms with E-state index in [2.05, 4.69) is 57.2 Å². The summed E-state index contributed by atoms with van der Waals surface area (Å²) >= 11 is 0. The van der Waals surface area contributed by atoms with Crippen molar-refractivity contribution >= 4 is 11.4 Å². The molecule has 0 fully saturated rings. The van der Waals surface area contributed by atoms with Gasteiger partial charge in [-0.3, -0.25) is 4.42 Å². The summed E-state index contributed by atoms with van der Waals surface area (Å²) in [4.78, 5) is 0. The molecule has 0 bridgehead atoms. The third-order valence-electron chi connectivity index (χ3n) is 4.68. The standard InChI is InChI=1S/C24H25O2/c1-16-14-17(2)23(18(3)15-16)24(19-6-10-21(25-4)11-7-19)20-8-12-22(26-5)13-9-20/h6-15H,1-5H3/q+1. The third kappa shape index (κ3) is 3.55. The summed E-state index contributed by atoms with van der Waals surface area (Å²) < 4.78 is 10.7. The highest BCUT2D eigenvalue weighted by atomic mass is 16.5. The second kappa shape index (κ2) is 7.57. The van der Waals surface area contributed by atoms with Gasteiger partial charge in [-0.05, 0) is 78.5 Å². The molecular formula is C24H25O2+. The van der Waals surface area contributed by atoms with Crippen LogP contribution in [0.15, 0.2) is 66.3 Å². The fourth-order valence-corrected chi connectivity index (χ4v) is 3.55. The van der Waals surface area contributed by atoms with E-state index >= 15 is 0 Å². The van der Waals surface area contributed by atoms with Gasteiger partial charge in [0.15, 0.2) is 0 Å². The van der Waals surface area contributed by atoms with Gasteiger partial charge in [0.1, 0.15) is 5.75 Å². The van der Waals surface area contributed by atoms with Crippen LogP contribution in [-0.2, 0) is 4.42 Å². The summed E-state index contributed by atoms with van der Waals surface area (Å²) in [5.41, 5.74) is 8.70. The van der Waals surface area contributed by atoms with Crippen LogP contribution in [0.5, 0.6) is 5.75 Å². The Morgan fingerprint density at radius 1 is 0.846 bits per heavy atom. The number of ether oxygens (including phenoxy) is 1. The lowest BCUT2D eigenvalue weighted by molar-refractivity contribution is -0.417. The number of hydrogen-bond acceptors (Lipinski definition) is 1. The van der Waals surface area contributed by atoms with E-state index < -0.39 is 0 Å². The van der Waals surface area contributed by atoms with E-state index in [9.17, 15) is 0 Å². The minimum absolute atomic E-state index is 0.861. The lowest BCUT2D eigenvalue weighted by Crippen LogP contribution is -2.02. The Bertz CT molecular complexity index is 898. The molecule has 0 aliphatic heterocycles. The molecular weight excluding hydrogens is 320 g/mol. The molecule has 0 atom stereocenters. The first-order chi connectivity index (χ1) is 12.5. The number of benzene rings is 2. The average molecular weight is 345 g/mol. The number of allylic oxidation sites excluding steroid dienone is 5. The maximum atomic E-state index is 5.33. The number of methoxy groups -OCH3 is 1. The lowest BCUT2D eigenvalue weighted by Gasteiger charge is -2.19. The zero-order valence-corrected chi connectivity index (χ0v) is 16.1. The fraction of sp³-hybridized carbons (Fsp3) is 0.208. The number of aryl methyl sites for hydroxylation is 3. The minimum Gasteiger partial charge on any atom is -0.497 e. The van der Waals surface area contributed by atoms with E-state index in [-0.39, 0.29) is 0 Å². The molecule has 0 aromatic heterocycles. The van der Waals surface area contributed by atoms with Crippen molar-refractivity contribution in [2.24, 2.45) is 0 Å². The first-order valence-electron chi connectivity index (χ1n) is 8.77. The van der Waals surface area contributed by atoms with Crippen LogP contribution in [-0.4, -0.2) is 20.0 Å². The summed E-state index contributed by atoms with van der Waals surface area (Å²) in [5, 5.41) is 0. The molecule has 2 heteroatoms. The molecule has 0 saturated heterocycles. The van der Waals surface area contributed by atoms with Crippen molar-refractivity contribution in [3.8, 4) is 5.75 Å². The fourth-order valence-electron chi connectivity index (χ4n) is 3.55. The summed E-state index contributed by atoms with van der Waals surface area (Å²) in [7, 11) is 3.38. The van der Waals surface area contributed by atoms with Crippen molar-refractivity contribution in [3.05, 3.63) is 94.1 Å². The highest BCUT2D eigenvalue weighted by Gasteiger charge is 2.17. The molecule has 3 rings (SSSR count). The SMILES string of the molecule is COc1ccc(C(=C2C=CC(=[O+]C)C=C2)c2c(C)cc(C)cc2C)cc1. The molecule has 0 saturated carbocycles. The Balaban J connectivity index is 2.26. The molecule has 1 aliphatic carbocycles. The summed E-state index contributed by atoms with van der Waals surface area (Å²) in [6.07, 6.45) is 8.27. The normalized spacial score (nSPS) is 13.1. The number of carbonyl (C=O) groups excluding carboxylic acids is 1. The molecule has 2 aromatic rings. The zero-order valence-electron chi connectivity index (χ0n) is 16.1. The van der Waals surface area contributed by atoms with Crippen LogP contribution in [0.25, 0.3) is 5.57 Å². The van der Waals surface area contributed by atoms with Gasteiger partial charge >= 0.3 is 5.78 Å². The van der Waals surface area contributed by atoms with Gasteiger partial charge < -0.3 is 4.74 Å². The van der Waals surface area contributed by atoms with E-state index in [1.807, 2.05) is 24.3 Å². The van der Waals surface area contributed by atoms with E-state index in [0.29, 0.717) is 0 Å². The van der Waals surface area contributed by atoms with Crippen LogP contribution < -0.4 is 4.74 Å².